The van der Waals surface area contributed by atoms with Crippen LogP contribution >= 0.6 is 0 Å². The molecule has 1 aromatic rings. The maximum Gasteiger partial charge on any atom is 0.321 e. The first kappa shape index (κ1) is 15.5. The summed E-state index contributed by atoms with van der Waals surface area (Å²) in [6.07, 6.45) is 0.854. The first-order valence-corrected chi connectivity index (χ1v) is 6.46. The Morgan fingerprint density at radius 2 is 2.11 bits per heavy atom. The number of nitrogens with zero attached hydrogens (tertiary/aromatic N) is 1. The third kappa shape index (κ3) is 4.89. The van der Waals surface area contributed by atoms with Gasteiger partial charge in [0.2, 0.25) is 0 Å². The molecule has 1 aromatic carbocycles. The number of urea groups is 1. The Labute approximate surface area is 114 Å². The number of aliphatic hydroxyl groups is 1. The van der Waals surface area contributed by atoms with Crippen molar-refractivity contribution in [2.24, 2.45) is 0 Å². The Hall–Kier alpha value is -1.59. The van der Waals surface area contributed by atoms with E-state index in [1.54, 1.807) is 12.0 Å². The van der Waals surface area contributed by atoms with E-state index in [2.05, 4.69) is 5.32 Å². The maximum atomic E-state index is 12.1. The van der Waals surface area contributed by atoms with Crippen molar-refractivity contribution < 1.29 is 14.6 Å². The third-order valence-corrected chi connectivity index (χ3v) is 2.71. The van der Waals surface area contributed by atoms with E-state index in [0.29, 0.717) is 19.7 Å². The van der Waals surface area contributed by atoms with Crippen LogP contribution in [0.3, 0.4) is 0 Å². The molecule has 0 atom stereocenters. The average molecular weight is 266 g/mol. The summed E-state index contributed by atoms with van der Waals surface area (Å²) in [5, 5.41) is 11.8. The van der Waals surface area contributed by atoms with Crippen LogP contribution in [0.2, 0.25) is 0 Å². The lowest BCUT2D eigenvalue weighted by molar-refractivity contribution is 0.184. The highest BCUT2D eigenvalue weighted by Crippen LogP contribution is 2.16. The number of rotatable bonds is 7. The molecule has 19 heavy (non-hydrogen) atoms. The summed E-state index contributed by atoms with van der Waals surface area (Å²) in [6.45, 7) is 3.37. The predicted molar refractivity (Wildman–Crippen MR) is 75.1 cm³/mol. The van der Waals surface area contributed by atoms with E-state index in [-0.39, 0.29) is 12.6 Å². The summed E-state index contributed by atoms with van der Waals surface area (Å²) in [5.41, 5.74) is 1.67. The van der Waals surface area contributed by atoms with Gasteiger partial charge in [-0.3, -0.25) is 0 Å². The van der Waals surface area contributed by atoms with Gasteiger partial charge in [-0.05, 0) is 12.5 Å². The number of benzene rings is 1. The third-order valence-electron chi connectivity index (χ3n) is 2.71. The van der Waals surface area contributed by atoms with Gasteiger partial charge in [-0.2, -0.15) is 0 Å². The molecule has 5 nitrogen and oxygen atoms in total. The van der Waals surface area contributed by atoms with Crippen LogP contribution in [-0.4, -0.2) is 42.8 Å². The fraction of sp³-hybridized carbons (Fsp3) is 0.500. The summed E-state index contributed by atoms with van der Waals surface area (Å²) in [5.74, 6) is 0. The van der Waals surface area contributed by atoms with Crippen molar-refractivity contribution in [1.29, 1.82) is 0 Å². The molecule has 0 bridgehead atoms. The number of methoxy groups -OCH3 is 1. The van der Waals surface area contributed by atoms with Crippen LogP contribution in [-0.2, 0) is 11.3 Å². The zero-order chi connectivity index (χ0) is 14.1. The van der Waals surface area contributed by atoms with Crippen molar-refractivity contribution in [1.82, 2.24) is 4.90 Å². The topological polar surface area (TPSA) is 61.8 Å². The molecular weight excluding hydrogens is 244 g/mol. The van der Waals surface area contributed by atoms with Gasteiger partial charge in [-0.25, -0.2) is 4.79 Å². The summed E-state index contributed by atoms with van der Waals surface area (Å²) >= 11 is 0. The zero-order valence-corrected chi connectivity index (χ0v) is 11.6. The van der Waals surface area contributed by atoms with Crippen LogP contribution in [0, 0.1) is 0 Å². The van der Waals surface area contributed by atoms with E-state index >= 15 is 0 Å². The Kier molecular flexibility index (Phi) is 6.92. The SMILES string of the molecule is CCCN(CCO)C(=O)Nc1ccccc1COC. The number of amides is 2. The van der Waals surface area contributed by atoms with E-state index in [0.717, 1.165) is 17.7 Å². The van der Waals surface area contributed by atoms with Crippen molar-refractivity contribution in [2.75, 3.05) is 32.1 Å². The second-order valence-electron chi connectivity index (χ2n) is 4.23. The van der Waals surface area contributed by atoms with E-state index in [1.807, 2.05) is 31.2 Å². The van der Waals surface area contributed by atoms with Crippen molar-refractivity contribution >= 4 is 11.7 Å². The van der Waals surface area contributed by atoms with Crippen LogP contribution in [0.4, 0.5) is 10.5 Å². The molecule has 106 valence electrons. The van der Waals surface area contributed by atoms with Gasteiger partial charge in [0.05, 0.1) is 13.2 Å². The predicted octanol–water partition coefficient (Wildman–Crippen LogP) is 2.07. The number of hydrogen-bond acceptors (Lipinski definition) is 3. The summed E-state index contributed by atoms with van der Waals surface area (Å²) in [6, 6.07) is 7.33. The number of carbonyl (C=O) groups excluding carboxylic acids is 1. The number of para-hydroxylation sites is 1. The minimum atomic E-state index is -0.195. The molecule has 0 fully saturated rings. The lowest BCUT2D eigenvalue weighted by Crippen LogP contribution is -2.37. The van der Waals surface area contributed by atoms with Crippen molar-refractivity contribution in [3.05, 3.63) is 29.8 Å². The van der Waals surface area contributed by atoms with Crippen molar-refractivity contribution in [2.45, 2.75) is 20.0 Å². The standard InChI is InChI=1S/C14H22N2O3/c1-3-8-16(9-10-17)14(18)15-13-7-5-4-6-12(13)11-19-2/h4-7,17H,3,8-11H2,1-2H3,(H,15,18). The van der Waals surface area contributed by atoms with Crippen molar-refractivity contribution in [3.8, 4) is 0 Å². The van der Waals surface area contributed by atoms with Crippen molar-refractivity contribution in [3.63, 3.8) is 0 Å². The summed E-state index contributed by atoms with van der Waals surface area (Å²) < 4.78 is 5.10. The highest BCUT2D eigenvalue weighted by atomic mass is 16.5. The van der Waals surface area contributed by atoms with Crippen LogP contribution in [0.5, 0.6) is 0 Å². The van der Waals surface area contributed by atoms with Crippen LogP contribution in [0.15, 0.2) is 24.3 Å². The van der Waals surface area contributed by atoms with E-state index in [4.69, 9.17) is 9.84 Å². The average Bonchev–Trinajstić information content (AvgIpc) is 2.41. The van der Waals surface area contributed by atoms with E-state index < -0.39 is 0 Å². The number of hydrogen-bond donors (Lipinski definition) is 2. The smallest absolute Gasteiger partial charge is 0.321 e. The van der Waals surface area contributed by atoms with Gasteiger partial charge in [0.15, 0.2) is 0 Å². The second-order valence-corrected chi connectivity index (χ2v) is 4.23. The quantitative estimate of drug-likeness (QED) is 0.794. The Morgan fingerprint density at radius 1 is 1.37 bits per heavy atom. The lowest BCUT2D eigenvalue weighted by Gasteiger charge is -2.22. The van der Waals surface area contributed by atoms with Gasteiger partial charge in [0, 0.05) is 31.5 Å². The highest BCUT2D eigenvalue weighted by molar-refractivity contribution is 5.90. The molecule has 2 N–H and O–H groups in total. The van der Waals surface area contributed by atoms with Gasteiger partial charge < -0.3 is 20.1 Å². The monoisotopic (exact) mass is 266 g/mol. The van der Waals surface area contributed by atoms with Crippen LogP contribution < -0.4 is 5.32 Å². The molecule has 0 radical (unpaired) electrons. The van der Waals surface area contributed by atoms with Crippen LogP contribution in [0.25, 0.3) is 0 Å². The van der Waals surface area contributed by atoms with Gasteiger partial charge in [-0.15, -0.1) is 0 Å². The number of aliphatic hydroxyl groups excluding tert-OH is 1. The molecule has 2 amide bonds. The second kappa shape index (κ2) is 8.50. The van der Waals surface area contributed by atoms with Gasteiger partial charge in [-0.1, -0.05) is 25.1 Å². The Morgan fingerprint density at radius 3 is 2.74 bits per heavy atom. The summed E-state index contributed by atoms with van der Waals surface area (Å²) in [7, 11) is 1.62. The molecule has 0 aliphatic rings. The Balaban J connectivity index is 2.74. The summed E-state index contributed by atoms with van der Waals surface area (Å²) in [4.78, 5) is 13.7. The minimum Gasteiger partial charge on any atom is -0.395 e. The molecule has 0 heterocycles. The maximum absolute atomic E-state index is 12.1. The number of anilines is 1. The molecule has 0 unspecified atom stereocenters. The minimum absolute atomic E-state index is 0.0346. The molecule has 0 aliphatic heterocycles. The molecule has 0 aliphatic carbocycles. The number of ether oxygens (including phenoxy) is 1. The lowest BCUT2D eigenvalue weighted by atomic mass is 10.2. The molecule has 0 spiro atoms. The molecule has 1 rings (SSSR count). The largest absolute Gasteiger partial charge is 0.395 e. The first-order chi connectivity index (χ1) is 9.22. The van der Waals surface area contributed by atoms with Gasteiger partial charge in [0.25, 0.3) is 0 Å². The first-order valence-electron chi connectivity index (χ1n) is 6.46. The molecule has 0 saturated carbocycles. The zero-order valence-electron chi connectivity index (χ0n) is 11.6. The number of nitrogens with one attached hydrogen (secondary N) is 1. The molecule has 0 aromatic heterocycles. The Bertz CT molecular complexity index is 390. The molecule has 0 saturated heterocycles. The van der Waals surface area contributed by atoms with Gasteiger partial charge in [0.1, 0.15) is 0 Å². The fourth-order valence-electron chi connectivity index (χ4n) is 1.82. The van der Waals surface area contributed by atoms with Gasteiger partial charge >= 0.3 is 6.03 Å². The highest BCUT2D eigenvalue weighted by Gasteiger charge is 2.13. The normalized spacial score (nSPS) is 10.3. The van der Waals surface area contributed by atoms with E-state index in [1.165, 1.54) is 0 Å². The fourth-order valence-corrected chi connectivity index (χ4v) is 1.82. The number of carbonyl (C=O) groups is 1. The van der Waals surface area contributed by atoms with E-state index in [9.17, 15) is 4.79 Å². The van der Waals surface area contributed by atoms with Crippen LogP contribution in [0.1, 0.15) is 18.9 Å². The molecular formula is C14H22N2O3. The molecule has 5 heteroatoms.